The molecule has 1 heterocycles. The molecule has 116 valence electrons. The summed E-state index contributed by atoms with van der Waals surface area (Å²) in [6, 6.07) is 11.7. The van der Waals surface area contributed by atoms with Crippen LogP contribution < -0.4 is 0 Å². The molecule has 3 aromatic rings. The zero-order valence-electron chi connectivity index (χ0n) is 11.7. The Morgan fingerprint density at radius 2 is 2.09 bits per heavy atom. The molecule has 8 heteroatoms. The largest absolute Gasteiger partial charge is 0.333 e. The van der Waals surface area contributed by atoms with Crippen molar-refractivity contribution in [2.45, 2.75) is 5.16 Å². The van der Waals surface area contributed by atoms with Crippen LogP contribution in [-0.2, 0) is 0 Å². The molecule has 1 N–H and O–H groups in total. The van der Waals surface area contributed by atoms with Gasteiger partial charge in [-0.25, -0.2) is 4.98 Å². The third-order valence-corrected chi connectivity index (χ3v) is 4.73. The number of aromatic nitrogens is 2. The molecule has 0 aliphatic rings. The van der Waals surface area contributed by atoms with Crippen LogP contribution in [0.1, 0.15) is 10.4 Å². The predicted octanol–water partition coefficient (Wildman–Crippen LogP) is 4.21. The number of thioether (sulfide) groups is 1. The van der Waals surface area contributed by atoms with Crippen LogP contribution in [0.5, 0.6) is 0 Å². The van der Waals surface area contributed by atoms with Crippen molar-refractivity contribution in [1.29, 1.82) is 0 Å². The van der Waals surface area contributed by atoms with Crippen molar-refractivity contribution in [3.63, 3.8) is 0 Å². The molecule has 0 amide bonds. The van der Waals surface area contributed by atoms with Crippen molar-refractivity contribution in [3.05, 3.63) is 62.6 Å². The smallest absolute Gasteiger partial charge is 0.270 e. The second-order valence-electron chi connectivity index (χ2n) is 4.69. The number of non-ortho nitro benzene ring substituents is 1. The number of ketones is 1. The number of carbonyl (C=O) groups is 1. The number of hydrogen-bond donors (Lipinski definition) is 1. The number of nitrogens with one attached hydrogen (secondary N) is 1. The average molecular weight is 392 g/mol. The fraction of sp³-hybridized carbons (Fsp3) is 0.0667. The molecule has 0 saturated heterocycles. The van der Waals surface area contributed by atoms with E-state index in [1.54, 1.807) is 0 Å². The van der Waals surface area contributed by atoms with Gasteiger partial charge in [0.1, 0.15) is 0 Å². The van der Waals surface area contributed by atoms with E-state index in [1.165, 1.54) is 30.0 Å². The standard InChI is InChI=1S/C15H10BrN3O3S/c16-11-6-5-9(19(21)22)7-10(11)14(20)8-23-15-17-12-3-1-2-4-13(12)18-15/h1-7H,8H2,(H,17,18). The first-order chi connectivity index (χ1) is 11.0. The average Bonchev–Trinajstić information content (AvgIpc) is 2.95. The molecular weight excluding hydrogens is 382 g/mol. The summed E-state index contributed by atoms with van der Waals surface area (Å²) in [7, 11) is 0. The fourth-order valence-electron chi connectivity index (χ4n) is 2.05. The van der Waals surface area contributed by atoms with Crippen LogP contribution in [0.25, 0.3) is 11.0 Å². The second kappa shape index (κ2) is 6.51. The number of nitro groups is 1. The number of nitrogens with zero attached hydrogens (tertiary/aromatic N) is 2. The molecule has 0 bridgehead atoms. The highest BCUT2D eigenvalue weighted by atomic mass is 79.9. The molecular formula is C15H10BrN3O3S. The maximum Gasteiger partial charge on any atom is 0.270 e. The van der Waals surface area contributed by atoms with E-state index in [1.807, 2.05) is 24.3 Å². The van der Waals surface area contributed by atoms with Crippen molar-refractivity contribution < 1.29 is 9.72 Å². The number of para-hydroxylation sites is 2. The number of H-pyrrole nitrogens is 1. The summed E-state index contributed by atoms with van der Waals surface area (Å²) < 4.78 is 0.540. The summed E-state index contributed by atoms with van der Waals surface area (Å²) in [5, 5.41) is 11.5. The molecule has 6 nitrogen and oxygen atoms in total. The highest BCUT2D eigenvalue weighted by molar-refractivity contribution is 9.10. The van der Waals surface area contributed by atoms with Crippen molar-refractivity contribution in [2.24, 2.45) is 0 Å². The van der Waals surface area contributed by atoms with Crippen molar-refractivity contribution in [3.8, 4) is 0 Å². The summed E-state index contributed by atoms with van der Waals surface area (Å²) in [4.78, 5) is 30.1. The molecule has 0 aliphatic carbocycles. The highest BCUT2D eigenvalue weighted by Gasteiger charge is 2.16. The van der Waals surface area contributed by atoms with Crippen LogP contribution >= 0.6 is 27.7 Å². The number of imidazole rings is 1. The van der Waals surface area contributed by atoms with Gasteiger partial charge in [0.2, 0.25) is 0 Å². The number of rotatable bonds is 5. The van der Waals surface area contributed by atoms with Gasteiger partial charge in [0.15, 0.2) is 10.9 Å². The monoisotopic (exact) mass is 391 g/mol. The minimum absolute atomic E-state index is 0.106. The number of nitro benzene ring substituents is 1. The second-order valence-corrected chi connectivity index (χ2v) is 6.51. The topological polar surface area (TPSA) is 88.9 Å². The van der Waals surface area contributed by atoms with Gasteiger partial charge >= 0.3 is 0 Å². The van der Waals surface area contributed by atoms with Crippen molar-refractivity contribution in [1.82, 2.24) is 9.97 Å². The number of Topliss-reactive ketones (excluding diaryl/α,β-unsaturated/α-hetero) is 1. The first-order valence-electron chi connectivity index (χ1n) is 6.59. The Labute approximate surface area is 143 Å². The molecule has 2 aromatic carbocycles. The lowest BCUT2D eigenvalue weighted by Crippen LogP contribution is -2.04. The van der Waals surface area contributed by atoms with Crippen molar-refractivity contribution >= 4 is 50.2 Å². The summed E-state index contributed by atoms with van der Waals surface area (Å²) in [5.41, 5.74) is 1.92. The lowest BCUT2D eigenvalue weighted by molar-refractivity contribution is -0.384. The molecule has 0 fully saturated rings. The van der Waals surface area contributed by atoms with Gasteiger partial charge < -0.3 is 4.98 Å². The van der Waals surface area contributed by atoms with E-state index in [4.69, 9.17) is 0 Å². The van der Waals surface area contributed by atoms with Crippen LogP contribution in [0.4, 0.5) is 5.69 Å². The van der Waals surface area contributed by atoms with E-state index < -0.39 is 4.92 Å². The van der Waals surface area contributed by atoms with Gasteiger partial charge in [-0.05, 0) is 18.2 Å². The third kappa shape index (κ3) is 3.43. The maximum absolute atomic E-state index is 12.3. The number of fused-ring (bicyclic) bond motifs is 1. The van der Waals surface area contributed by atoms with Crippen LogP contribution in [-0.4, -0.2) is 26.4 Å². The number of aromatic amines is 1. The fourth-order valence-corrected chi connectivity index (χ4v) is 3.29. The van der Waals surface area contributed by atoms with E-state index in [0.717, 1.165) is 11.0 Å². The lowest BCUT2D eigenvalue weighted by Gasteiger charge is -2.03. The van der Waals surface area contributed by atoms with Gasteiger partial charge in [-0.15, -0.1) is 0 Å². The molecule has 0 saturated carbocycles. The summed E-state index contributed by atoms with van der Waals surface area (Å²) in [6.45, 7) is 0. The van der Waals surface area contributed by atoms with E-state index in [9.17, 15) is 14.9 Å². The Bertz CT molecular complexity index is 877. The van der Waals surface area contributed by atoms with E-state index in [2.05, 4.69) is 25.9 Å². The zero-order valence-corrected chi connectivity index (χ0v) is 14.1. The van der Waals surface area contributed by atoms with Crippen LogP contribution in [0, 0.1) is 10.1 Å². The summed E-state index contributed by atoms with van der Waals surface area (Å²) in [6.07, 6.45) is 0. The lowest BCUT2D eigenvalue weighted by atomic mass is 10.1. The van der Waals surface area contributed by atoms with E-state index in [0.29, 0.717) is 15.2 Å². The highest BCUT2D eigenvalue weighted by Crippen LogP contribution is 2.26. The molecule has 1 aromatic heterocycles. The normalized spacial score (nSPS) is 10.8. The third-order valence-electron chi connectivity index (χ3n) is 3.17. The van der Waals surface area contributed by atoms with Gasteiger partial charge in [0.05, 0.1) is 21.7 Å². The van der Waals surface area contributed by atoms with E-state index >= 15 is 0 Å². The van der Waals surface area contributed by atoms with Gasteiger partial charge in [0, 0.05) is 22.2 Å². The number of benzene rings is 2. The Hall–Kier alpha value is -2.19. The van der Waals surface area contributed by atoms with Crippen molar-refractivity contribution in [2.75, 3.05) is 5.75 Å². The number of hydrogen-bond acceptors (Lipinski definition) is 5. The minimum atomic E-state index is -0.518. The Kier molecular flexibility index (Phi) is 4.44. The summed E-state index contributed by atoms with van der Waals surface area (Å²) in [5.74, 6) is -0.0643. The predicted molar refractivity (Wildman–Crippen MR) is 91.9 cm³/mol. The molecule has 0 aliphatic heterocycles. The Morgan fingerprint density at radius 3 is 2.83 bits per heavy atom. The van der Waals surface area contributed by atoms with Gasteiger partial charge in [-0.3, -0.25) is 14.9 Å². The molecule has 0 unspecified atom stereocenters. The Balaban J connectivity index is 1.76. The zero-order chi connectivity index (χ0) is 16.4. The molecule has 0 spiro atoms. The Morgan fingerprint density at radius 1 is 1.30 bits per heavy atom. The van der Waals surface area contributed by atoms with Crippen LogP contribution in [0.3, 0.4) is 0 Å². The van der Waals surface area contributed by atoms with Gasteiger partial charge in [-0.2, -0.15) is 0 Å². The van der Waals surface area contributed by atoms with Crippen LogP contribution in [0.15, 0.2) is 52.1 Å². The molecule has 23 heavy (non-hydrogen) atoms. The van der Waals surface area contributed by atoms with Gasteiger partial charge in [-0.1, -0.05) is 39.8 Å². The van der Waals surface area contributed by atoms with Crippen LogP contribution in [0.2, 0.25) is 0 Å². The quantitative estimate of drug-likeness (QED) is 0.304. The first kappa shape index (κ1) is 15.7. The number of halogens is 1. The summed E-state index contributed by atoms with van der Waals surface area (Å²) >= 11 is 4.52. The molecule has 3 rings (SSSR count). The SMILES string of the molecule is O=C(CSc1nc2ccccc2[nH]1)c1cc([N+](=O)[O-])ccc1Br. The molecule has 0 radical (unpaired) electrons. The number of carbonyl (C=O) groups excluding carboxylic acids is 1. The van der Waals surface area contributed by atoms with Gasteiger partial charge in [0.25, 0.3) is 5.69 Å². The minimum Gasteiger partial charge on any atom is -0.333 e. The molecule has 0 atom stereocenters. The first-order valence-corrected chi connectivity index (χ1v) is 8.37. The van der Waals surface area contributed by atoms with E-state index in [-0.39, 0.29) is 17.2 Å². The maximum atomic E-state index is 12.3.